The summed E-state index contributed by atoms with van der Waals surface area (Å²) >= 11 is 0. The lowest BCUT2D eigenvalue weighted by Gasteiger charge is -2.17. The van der Waals surface area contributed by atoms with Gasteiger partial charge in [0.15, 0.2) is 0 Å². The molecule has 37 heavy (non-hydrogen) atoms. The fourth-order valence-electron chi connectivity index (χ4n) is 4.57. The van der Waals surface area contributed by atoms with Gasteiger partial charge < -0.3 is 14.8 Å². The zero-order valence-corrected chi connectivity index (χ0v) is 19.9. The molecule has 0 atom stereocenters. The number of carbonyl (C=O) groups is 4. The molecule has 6 rings (SSSR count). The molecule has 3 aromatic carbocycles. The Morgan fingerprint density at radius 3 is 1.62 bits per heavy atom. The van der Waals surface area contributed by atoms with E-state index in [0.717, 1.165) is 47.9 Å². The number of rotatable bonds is 6. The highest BCUT2D eigenvalue weighted by molar-refractivity contribution is 6.08. The van der Waals surface area contributed by atoms with E-state index >= 15 is 0 Å². The topological polar surface area (TPSA) is 111 Å². The molecule has 0 radical (unpaired) electrons. The quantitative estimate of drug-likeness (QED) is 0.383. The molecular weight excluding hydrogens is 472 g/mol. The third-order valence-corrected chi connectivity index (χ3v) is 6.79. The van der Waals surface area contributed by atoms with E-state index in [1.54, 1.807) is 0 Å². The Kier molecular flexibility index (Phi) is 5.71. The van der Waals surface area contributed by atoms with Crippen LogP contribution >= 0.6 is 0 Å². The first-order valence-electron chi connectivity index (χ1n) is 12.4. The summed E-state index contributed by atoms with van der Waals surface area (Å²) in [7, 11) is 0. The molecule has 2 saturated carbocycles. The van der Waals surface area contributed by atoms with Gasteiger partial charge in [0.2, 0.25) is 0 Å². The second kappa shape index (κ2) is 9.20. The number of hydrogen-bond donors (Lipinski definition) is 2. The van der Waals surface area contributed by atoms with Crippen LogP contribution in [0.1, 0.15) is 53.2 Å². The molecule has 0 spiro atoms. The Morgan fingerprint density at radius 2 is 1.14 bits per heavy atom. The Hall–Kier alpha value is -4.46. The number of hydrogen-bond acceptors (Lipinski definition) is 6. The molecule has 0 aliphatic heterocycles. The number of fused-ring (bicyclic) bond motifs is 3. The number of amides is 3. The van der Waals surface area contributed by atoms with E-state index < -0.39 is 29.9 Å². The zero-order valence-electron chi connectivity index (χ0n) is 19.9. The first-order valence-corrected chi connectivity index (χ1v) is 12.4. The van der Waals surface area contributed by atoms with Crippen molar-refractivity contribution in [2.24, 2.45) is 11.8 Å². The minimum Gasteiger partial charge on any atom is -0.425 e. The lowest BCUT2D eigenvalue weighted by Crippen LogP contribution is -2.41. The highest BCUT2D eigenvalue weighted by Crippen LogP contribution is 2.43. The van der Waals surface area contributed by atoms with Crippen molar-refractivity contribution in [3.05, 3.63) is 83.4 Å². The van der Waals surface area contributed by atoms with Crippen molar-refractivity contribution in [1.29, 1.82) is 0 Å². The maximum atomic E-state index is 13.3. The van der Waals surface area contributed by atoms with Crippen LogP contribution in [0.25, 0.3) is 11.1 Å². The molecule has 0 saturated heterocycles. The summed E-state index contributed by atoms with van der Waals surface area (Å²) in [6, 6.07) is 18.8. The fourth-order valence-corrected chi connectivity index (χ4v) is 4.57. The van der Waals surface area contributed by atoms with E-state index in [2.05, 4.69) is 10.6 Å². The minimum atomic E-state index is -0.838. The second-order valence-electron chi connectivity index (χ2n) is 9.56. The van der Waals surface area contributed by atoms with Crippen LogP contribution in [0.2, 0.25) is 0 Å². The van der Waals surface area contributed by atoms with E-state index in [0.29, 0.717) is 0 Å². The van der Waals surface area contributed by atoms with Gasteiger partial charge in [-0.25, -0.2) is 4.79 Å². The van der Waals surface area contributed by atoms with Crippen LogP contribution in [0.4, 0.5) is 4.79 Å². The number of urea groups is 1. The molecule has 3 aliphatic rings. The van der Waals surface area contributed by atoms with Crippen LogP contribution in [0, 0.1) is 11.8 Å². The summed E-state index contributed by atoms with van der Waals surface area (Å²) in [5.74, 6) is -2.28. The summed E-state index contributed by atoms with van der Waals surface area (Å²) < 4.78 is 10.9. The smallest absolute Gasteiger partial charge is 0.322 e. The number of nitrogens with one attached hydrogen (secondary N) is 2. The van der Waals surface area contributed by atoms with Gasteiger partial charge in [-0.2, -0.15) is 0 Å². The molecule has 186 valence electrons. The maximum Gasteiger partial charge on any atom is 0.322 e. The fraction of sp³-hybridized carbons (Fsp3) is 0.241. The Morgan fingerprint density at radius 1 is 0.649 bits per heavy atom. The van der Waals surface area contributed by atoms with Crippen LogP contribution in [0.3, 0.4) is 0 Å². The van der Waals surface area contributed by atoms with Gasteiger partial charge in [-0.15, -0.1) is 0 Å². The number of imide groups is 1. The van der Waals surface area contributed by atoms with Crippen LogP contribution in [-0.2, 0) is 9.59 Å². The number of ether oxygens (including phenoxy) is 2. The molecule has 0 heterocycles. The molecular formula is C29H24N2O6. The summed E-state index contributed by atoms with van der Waals surface area (Å²) in [4.78, 5) is 51.1. The molecule has 2 fully saturated rings. The van der Waals surface area contributed by atoms with Crippen LogP contribution in [0.5, 0.6) is 11.5 Å². The van der Waals surface area contributed by atoms with Gasteiger partial charge >= 0.3 is 18.0 Å². The van der Waals surface area contributed by atoms with Gasteiger partial charge in [-0.3, -0.25) is 19.7 Å². The first kappa shape index (κ1) is 23.0. The first-order chi connectivity index (χ1) is 18.0. The van der Waals surface area contributed by atoms with Crippen LogP contribution < -0.4 is 20.1 Å². The Balaban J connectivity index is 1.25. The van der Waals surface area contributed by atoms with E-state index in [-0.39, 0.29) is 28.9 Å². The van der Waals surface area contributed by atoms with Gasteiger partial charge in [0.25, 0.3) is 5.91 Å². The lowest BCUT2D eigenvalue weighted by molar-refractivity contribution is -0.136. The molecule has 8 heteroatoms. The van der Waals surface area contributed by atoms with Crippen molar-refractivity contribution in [3.8, 4) is 22.6 Å². The summed E-state index contributed by atoms with van der Waals surface area (Å²) in [5.41, 5.74) is 3.70. The van der Waals surface area contributed by atoms with Crippen molar-refractivity contribution in [1.82, 2.24) is 10.6 Å². The van der Waals surface area contributed by atoms with Gasteiger partial charge in [-0.05, 0) is 60.1 Å². The predicted molar refractivity (Wildman–Crippen MR) is 133 cm³/mol. The average molecular weight is 497 g/mol. The molecule has 0 unspecified atom stereocenters. The molecule has 3 aliphatic carbocycles. The molecule has 0 bridgehead atoms. The third kappa shape index (κ3) is 4.58. The monoisotopic (exact) mass is 496 g/mol. The second-order valence-corrected chi connectivity index (χ2v) is 9.56. The molecule has 3 amide bonds. The Labute approximate surface area is 213 Å². The van der Waals surface area contributed by atoms with Crippen molar-refractivity contribution < 1.29 is 28.7 Å². The molecule has 8 nitrogen and oxygen atoms in total. The van der Waals surface area contributed by atoms with Crippen molar-refractivity contribution in [2.45, 2.75) is 31.7 Å². The van der Waals surface area contributed by atoms with E-state index in [1.165, 1.54) is 18.2 Å². The van der Waals surface area contributed by atoms with E-state index in [4.69, 9.17) is 9.47 Å². The maximum absolute atomic E-state index is 13.3. The van der Waals surface area contributed by atoms with Crippen LogP contribution in [-0.4, -0.2) is 23.9 Å². The van der Waals surface area contributed by atoms with Gasteiger partial charge in [-0.1, -0.05) is 54.6 Å². The number of carbonyl (C=O) groups excluding carboxylic acids is 4. The van der Waals surface area contributed by atoms with Gasteiger partial charge in [0.1, 0.15) is 17.1 Å². The number of benzene rings is 3. The van der Waals surface area contributed by atoms with Crippen molar-refractivity contribution in [3.63, 3.8) is 0 Å². The molecule has 2 N–H and O–H groups in total. The SMILES string of the molecule is O=C(NC(=O)c1c(OC(=O)C2CC2)cccc1OC(=O)C1CC1)NC1c2ccccc2-c2ccccc21. The lowest BCUT2D eigenvalue weighted by atomic mass is 10.1. The summed E-state index contributed by atoms with van der Waals surface area (Å²) in [5, 5.41) is 5.21. The molecule has 0 aromatic heterocycles. The van der Waals surface area contributed by atoms with Crippen LogP contribution in [0.15, 0.2) is 66.7 Å². The summed E-state index contributed by atoms with van der Waals surface area (Å²) in [6.07, 6.45) is 2.90. The predicted octanol–water partition coefficient (Wildman–Crippen LogP) is 4.53. The highest BCUT2D eigenvalue weighted by Gasteiger charge is 2.36. The highest BCUT2D eigenvalue weighted by atomic mass is 16.5. The van der Waals surface area contributed by atoms with Crippen molar-refractivity contribution in [2.75, 3.05) is 0 Å². The zero-order chi connectivity index (χ0) is 25.5. The average Bonchev–Trinajstić information content (AvgIpc) is 3.81. The third-order valence-electron chi connectivity index (χ3n) is 6.79. The standard InChI is InChI=1S/C29H24N2O6/c32-26(31-29(35)30-25-20-8-3-1-6-18(20)19-7-2-4-9-21(19)25)24-22(36-27(33)16-12-13-16)10-5-11-23(24)37-28(34)17-14-15-17/h1-11,16-17,25H,12-15H2,(H2,30,31,32,35). The van der Waals surface area contributed by atoms with Gasteiger partial charge in [0.05, 0.1) is 17.9 Å². The van der Waals surface area contributed by atoms with Gasteiger partial charge in [0, 0.05) is 0 Å². The largest absolute Gasteiger partial charge is 0.425 e. The Bertz CT molecular complexity index is 1350. The number of esters is 2. The van der Waals surface area contributed by atoms with E-state index in [1.807, 2.05) is 48.5 Å². The minimum absolute atomic E-state index is 0.0557. The normalized spacial score (nSPS) is 15.8. The van der Waals surface area contributed by atoms with Crippen molar-refractivity contribution >= 4 is 23.9 Å². The summed E-state index contributed by atoms with van der Waals surface area (Å²) in [6.45, 7) is 0. The molecule has 3 aromatic rings. The van der Waals surface area contributed by atoms with E-state index in [9.17, 15) is 19.2 Å².